The molecule has 262 valence electrons. The van der Waals surface area contributed by atoms with Crippen molar-refractivity contribution in [3.63, 3.8) is 0 Å². The number of rotatable bonds is 16. The maximum absolute atomic E-state index is 13.9. The summed E-state index contributed by atoms with van der Waals surface area (Å²) >= 11 is 0. The molecule has 9 heteroatoms. The van der Waals surface area contributed by atoms with Crippen LogP contribution in [0.25, 0.3) is 0 Å². The van der Waals surface area contributed by atoms with Gasteiger partial charge in [-0.05, 0) is 75.5 Å². The number of nitrogens with one attached hydrogen (secondary N) is 2. The Kier molecular flexibility index (Phi) is 13.0. The number of ether oxygens (including phenoxy) is 2. The summed E-state index contributed by atoms with van der Waals surface area (Å²) in [7, 11) is 0. The fourth-order valence-electron chi connectivity index (χ4n) is 5.78. The number of amides is 3. The largest absolute Gasteiger partial charge is 0.459 e. The minimum absolute atomic E-state index is 0.0866. The Morgan fingerprint density at radius 3 is 1.92 bits per heavy atom. The van der Waals surface area contributed by atoms with Crippen LogP contribution in [0.5, 0.6) is 0 Å². The molecule has 3 aromatic rings. The fourth-order valence-corrected chi connectivity index (χ4v) is 5.78. The van der Waals surface area contributed by atoms with Crippen LogP contribution in [0, 0.1) is 5.92 Å². The van der Waals surface area contributed by atoms with Crippen LogP contribution in [0.4, 0.5) is 4.79 Å². The van der Waals surface area contributed by atoms with E-state index in [9.17, 15) is 19.2 Å². The second-order valence-corrected chi connectivity index (χ2v) is 14.4. The highest BCUT2D eigenvalue weighted by molar-refractivity contribution is 5.92. The molecule has 0 radical (unpaired) electrons. The molecule has 1 saturated carbocycles. The zero-order chi connectivity index (χ0) is 35.4. The van der Waals surface area contributed by atoms with Gasteiger partial charge in [0, 0.05) is 12.0 Å². The number of nitrogens with zero attached hydrogens (tertiary/aromatic N) is 1. The van der Waals surface area contributed by atoms with Gasteiger partial charge < -0.3 is 20.1 Å². The summed E-state index contributed by atoms with van der Waals surface area (Å²) in [5, 5.41) is 5.75. The van der Waals surface area contributed by atoms with Crippen molar-refractivity contribution in [2.75, 3.05) is 13.1 Å². The predicted molar refractivity (Wildman–Crippen MR) is 189 cm³/mol. The third kappa shape index (κ3) is 12.1. The van der Waals surface area contributed by atoms with Gasteiger partial charge in [0.05, 0.1) is 0 Å². The summed E-state index contributed by atoms with van der Waals surface area (Å²) in [5.74, 6) is -1.42. The van der Waals surface area contributed by atoms with Crippen molar-refractivity contribution in [1.29, 1.82) is 0 Å². The van der Waals surface area contributed by atoms with Crippen LogP contribution in [0.15, 0.2) is 91.0 Å². The van der Waals surface area contributed by atoms with Gasteiger partial charge in [0.15, 0.2) is 0 Å². The molecule has 0 aromatic heterocycles. The summed E-state index contributed by atoms with van der Waals surface area (Å²) < 4.78 is 11.3. The second-order valence-electron chi connectivity index (χ2n) is 14.4. The van der Waals surface area contributed by atoms with E-state index in [1.54, 1.807) is 20.8 Å². The lowest BCUT2D eigenvalue weighted by molar-refractivity contribution is -0.149. The van der Waals surface area contributed by atoms with Gasteiger partial charge in [-0.3, -0.25) is 14.5 Å². The van der Waals surface area contributed by atoms with Gasteiger partial charge in [0.2, 0.25) is 11.8 Å². The molecule has 0 spiro atoms. The zero-order valence-electron chi connectivity index (χ0n) is 29.4. The van der Waals surface area contributed by atoms with Crippen LogP contribution >= 0.6 is 0 Å². The zero-order valence-corrected chi connectivity index (χ0v) is 29.4. The Balaban J connectivity index is 1.50. The molecule has 2 atom stereocenters. The molecule has 1 fully saturated rings. The number of hydrogen-bond donors (Lipinski definition) is 2. The van der Waals surface area contributed by atoms with E-state index >= 15 is 0 Å². The SMILES string of the molecule is CC(C)C[C@@H](NC(=O)[C@@H](CCc1ccccc1)NC(=O)CN(CC1(c2ccccc2)CC1)C(=O)OC(C)(C)C)C(=O)OCc1ccccc1. The second kappa shape index (κ2) is 17.1. The number of carbonyl (C=O) groups is 4. The number of aryl methyl sites for hydroxylation is 1. The number of hydrogen-bond acceptors (Lipinski definition) is 6. The number of carbonyl (C=O) groups excluding carboxylic acids is 4. The first kappa shape index (κ1) is 37.2. The van der Waals surface area contributed by atoms with Crippen LogP contribution < -0.4 is 10.6 Å². The van der Waals surface area contributed by atoms with Crippen LogP contribution in [-0.4, -0.2) is 59.6 Å². The van der Waals surface area contributed by atoms with Gasteiger partial charge in [-0.2, -0.15) is 0 Å². The Hall–Kier alpha value is -4.66. The van der Waals surface area contributed by atoms with E-state index in [1.807, 2.05) is 105 Å². The normalized spacial score (nSPS) is 14.7. The monoisotopic (exact) mass is 669 g/mol. The van der Waals surface area contributed by atoms with Crippen molar-refractivity contribution in [2.24, 2.45) is 5.92 Å². The highest BCUT2D eigenvalue weighted by Crippen LogP contribution is 2.48. The predicted octanol–water partition coefficient (Wildman–Crippen LogP) is 6.35. The summed E-state index contributed by atoms with van der Waals surface area (Å²) in [6, 6.07) is 27.2. The van der Waals surface area contributed by atoms with Crippen molar-refractivity contribution in [1.82, 2.24) is 15.5 Å². The summed E-state index contributed by atoms with van der Waals surface area (Å²) in [6.07, 6.45) is 2.35. The summed E-state index contributed by atoms with van der Waals surface area (Å²) in [6.45, 7) is 9.40. The first-order valence-electron chi connectivity index (χ1n) is 17.2. The van der Waals surface area contributed by atoms with Crippen LogP contribution in [0.1, 0.15) is 77.0 Å². The standard InChI is InChI=1S/C40H51N3O6/c1-29(2)25-34(37(46)48-27-31-17-11-7-12-18-31)42-36(45)33(22-21-30-15-9-6-10-16-30)41-35(44)26-43(38(47)49-39(3,4)5)28-40(23-24-40)32-19-13-8-14-20-32/h6-20,29,33-34H,21-28H2,1-5H3,(H,41,44)(H,42,45)/t33-,34-/m1/s1. The first-order valence-corrected chi connectivity index (χ1v) is 17.2. The molecule has 3 aromatic carbocycles. The molecule has 0 unspecified atom stereocenters. The molecule has 9 nitrogen and oxygen atoms in total. The summed E-state index contributed by atoms with van der Waals surface area (Å²) in [4.78, 5) is 55.7. The van der Waals surface area contributed by atoms with Gasteiger partial charge in [0.25, 0.3) is 0 Å². The lowest BCUT2D eigenvalue weighted by Gasteiger charge is -2.31. The van der Waals surface area contributed by atoms with E-state index in [0.717, 1.165) is 29.5 Å². The molecule has 0 saturated heterocycles. The lowest BCUT2D eigenvalue weighted by Crippen LogP contribution is -2.54. The van der Waals surface area contributed by atoms with Crippen LogP contribution in [-0.2, 0) is 42.3 Å². The van der Waals surface area contributed by atoms with Crippen molar-refractivity contribution < 1.29 is 28.7 Å². The topological polar surface area (TPSA) is 114 Å². The molecular formula is C40H51N3O6. The summed E-state index contributed by atoms with van der Waals surface area (Å²) in [5.41, 5.74) is 1.94. The highest BCUT2D eigenvalue weighted by atomic mass is 16.6. The van der Waals surface area contributed by atoms with Crippen LogP contribution in [0.3, 0.4) is 0 Å². The van der Waals surface area contributed by atoms with E-state index < -0.39 is 41.6 Å². The molecule has 1 aliphatic rings. The lowest BCUT2D eigenvalue weighted by atomic mass is 9.95. The average molecular weight is 670 g/mol. The Labute approximate surface area is 290 Å². The highest BCUT2D eigenvalue weighted by Gasteiger charge is 2.47. The Morgan fingerprint density at radius 1 is 0.796 bits per heavy atom. The van der Waals surface area contributed by atoms with Gasteiger partial charge in [0.1, 0.15) is 30.8 Å². The van der Waals surface area contributed by atoms with Gasteiger partial charge in [-0.25, -0.2) is 9.59 Å². The number of benzene rings is 3. The fraction of sp³-hybridized carbons (Fsp3) is 0.450. The maximum Gasteiger partial charge on any atom is 0.410 e. The van der Waals surface area contributed by atoms with Crippen molar-refractivity contribution in [3.05, 3.63) is 108 Å². The third-order valence-corrected chi connectivity index (χ3v) is 8.47. The molecule has 4 rings (SSSR count). The molecule has 2 N–H and O–H groups in total. The molecule has 49 heavy (non-hydrogen) atoms. The third-order valence-electron chi connectivity index (χ3n) is 8.47. The minimum Gasteiger partial charge on any atom is -0.459 e. The van der Waals surface area contributed by atoms with E-state index in [-0.39, 0.29) is 30.9 Å². The molecule has 1 aliphatic carbocycles. The van der Waals surface area contributed by atoms with Crippen molar-refractivity contribution >= 4 is 23.9 Å². The average Bonchev–Trinajstić information content (AvgIpc) is 3.86. The van der Waals surface area contributed by atoms with E-state index in [1.165, 1.54) is 4.90 Å². The van der Waals surface area contributed by atoms with Crippen molar-refractivity contribution in [3.8, 4) is 0 Å². The van der Waals surface area contributed by atoms with Gasteiger partial charge in [-0.15, -0.1) is 0 Å². The molecule has 3 amide bonds. The maximum atomic E-state index is 13.9. The smallest absolute Gasteiger partial charge is 0.410 e. The Morgan fingerprint density at radius 2 is 1.37 bits per heavy atom. The van der Waals surface area contributed by atoms with Crippen LogP contribution in [0.2, 0.25) is 0 Å². The quantitative estimate of drug-likeness (QED) is 0.172. The van der Waals surface area contributed by atoms with Gasteiger partial charge >= 0.3 is 12.1 Å². The molecule has 0 heterocycles. The molecular weight excluding hydrogens is 618 g/mol. The van der Waals surface area contributed by atoms with Crippen molar-refractivity contribution in [2.45, 2.75) is 96.4 Å². The Bertz CT molecular complexity index is 1520. The van der Waals surface area contributed by atoms with E-state index in [0.29, 0.717) is 19.4 Å². The molecule has 0 aliphatic heterocycles. The van der Waals surface area contributed by atoms with E-state index in [2.05, 4.69) is 10.6 Å². The van der Waals surface area contributed by atoms with Gasteiger partial charge in [-0.1, -0.05) is 105 Å². The molecule has 0 bridgehead atoms. The minimum atomic E-state index is -0.964. The number of esters is 1. The van der Waals surface area contributed by atoms with E-state index in [4.69, 9.17) is 9.47 Å². The first-order chi connectivity index (χ1) is 23.3.